The molecule has 2 atom stereocenters. The average molecular weight is 341 g/mol. The van der Waals surface area contributed by atoms with E-state index in [2.05, 4.69) is 22.5 Å². The van der Waals surface area contributed by atoms with Gasteiger partial charge in [-0.25, -0.2) is 4.79 Å². The van der Waals surface area contributed by atoms with Crippen LogP contribution in [-0.2, 0) is 0 Å². The van der Waals surface area contributed by atoms with Gasteiger partial charge in [-0.15, -0.1) is 0 Å². The number of nitrogens with zero attached hydrogens (tertiary/aromatic N) is 1. The molecule has 5 heteroatoms. The van der Waals surface area contributed by atoms with Crippen LogP contribution in [0.4, 0.5) is 16.2 Å². The number of amides is 2. The second-order valence-electron chi connectivity index (χ2n) is 6.23. The highest BCUT2D eigenvalue weighted by Gasteiger charge is 2.14. The minimum atomic E-state index is -0.599. The highest BCUT2D eigenvalue weighted by molar-refractivity contribution is 5.90. The van der Waals surface area contributed by atoms with Crippen LogP contribution in [0.2, 0.25) is 0 Å². The quantitative estimate of drug-likeness (QED) is 0.718. The predicted octanol–water partition coefficient (Wildman–Crippen LogP) is 3.78. The molecule has 0 saturated heterocycles. The molecule has 0 fully saturated rings. The zero-order valence-electron chi connectivity index (χ0n) is 15.1. The topological polar surface area (TPSA) is 64.6 Å². The highest BCUT2D eigenvalue weighted by Crippen LogP contribution is 2.19. The molecule has 3 N–H and O–H groups in total. The molecule has 2 aromatic rings. The molecule has 0 aliphatic carbocycles. The fraction of sp³-hybridized carbons (Fsp3) is 0.350. The van der Waals surface area contributed by atoms with Gasteiger partial charge in [0.25, 0.3) is 0 Å². The summed E-state index contributed by atoms with van der Waals surface area (Å²) in [6.07, 6.45) is -0.145. The van der Waals surface area contributed by atoms with Crippen molar-refractivity contribution in [3.63, 3.8) is 0 Å². The number of benzene rings is 2. The second kappa shape index (κ2) is 9.08. The van der Waals surface area contributed by atoms with E-state index in [1.165, 1.54) is 0 Å². The van der Waals surface area contributed by atoms with Gasteiger partial charge in [0.05, 0.1) is 6.10 Å². The Labute approximate surface area is 149 Å². The number of aliphatic hydroxyl groups is 1. The summed E-state index contributed by atoms with van der Waals surface area (Å²) in [4.78, 5) is 14.3. The number of aliphatic hydroxyl groups excluding tert-OH is 1. The van der Waals surface area contributed by atoms with Crippen LogP contribution in [0, 0.1) is 0 Å². The van der Waals surface area contributed by atoms with Gasteiger partial charge in [0.2, 0.25) is 0 Å². The van der Waals surface area contributed by atoms with E-state index in [1.807, 2.05) is 68.6 Å². The maximum Gasteiger partial charge on any atom is 0.319 e. The summed E-state index contributed by atoms with van der Waals surface area (Å²) < 4.78 is 0. The van der Waals surface area contributed by atoms with Gasteiger partial charge in [-0.05, 0) is 44.0 Å². The molecule has 0 bridgehead atoms. The van der Waals surface area contributed by atoms with Crippen molar-refractivity contribution in [2.75, 3.05) is 23.8 Å². The van der Waals surface area contributed by atoms with E-state index in [1.54, 1.807) is 0 Å². The van der Waals surface area contributed by atoms with E-state index in [0.717, 1.165) is 23.5 Å². The molecule has 0 aromatic heterocycles. The molecule has 0 aliphatic rings. The lowest BCUT2D eigenvalue weighted by Crippen LogP contribution is -2.37. The Balaban J connectivity index is 1.87. The zero-order valence-corrected chi connectivity index (χ0v) is 15.1. The molecule has 0 saturated carbocycles. The van der Waals surface area contributed by atoms with E-state index in [4.69, 9.17) is 0 Å². The average Bonchev–Trinajstić information content (AvgIpc) is 2.61. The van der Waals surface area contributed by atoms with Gasteiger partial charge in [0.1, 0.15) is 0 Å². The van der Waals surface area contributed by atoms with E-state index in [-0.39, 0.29) is 12.1 Å². The van der Waals surface area contributed by atoms with Crippen LogP contribution >= 0.6 is 0 Å². The van der Waals surface area contributed by atoms with Crippen LogP contribution in [0.15, 0.2) is 54.6 Å². The Morgan fingerprint density at radius 3 is 2.56 bits per heavy atom. The number of hydrogen-bond acceptors (Lipinski definition) is 3. The third-order valence-electron chi connectivity index (χ3n) is 4.16. The standard InChI is InChI=1S/C20H27N3O2/c1-4-23(3)18-12-8-11-17(14-18)22-20(25)21-15(2)13-19(24)16-9-6-5-7-10-16/h5-12,14-15,19,24H,4,13H2,1-3H3,(H2,21,22,25). The monoisotopic (exact) mass is 341 g/mol. The summed E-state index contributed by atoms with van der Waals surface area (Å²) in [7, 11) is 2.01. The van der Waals surface area contributed by atoms with Gasteiger partial charge in [-0.2, -0.15) is 0 Å². The Hall–Kier alpha value is -2.53. The summed E-state index contributed by atoms with van der Waals surface area (Å²) in [6, 6.07) is 16.7. The van der Waals surface area contributed by atoms with Crippen LogP contribution in [0.3, 0.4) is 0 Å². The van der Waals surface area contributed by atoms with Crippen molar-refractivity contribution in [1.29, 1.82) is 0 Å². The van der Waals surface area contributed by atoms with E-state index >= 15 is 0 Å². The maximum atomic E-state index is 12.2. The first-order chi connectivity index (χ1) is 12.0. The van der Waals surface area contributed by atoms with Crippen molar-refractivity contribution in [3.8, 4) is 0 Å². The molecule has 2 rings (SSSR count). The van der Waals surface area contributed by atoms with Crippen molar-refractivity contribution >= 4 is 17.4 Å². The minimum Gasteiger partial charge on any atom is -0.388 e. The van der Waals surface area contributed by atoms with Crippen molar-refractivity contribution in [2.45, 2.75) is 32.4 Å². The van der Waals surface area contributed by atoms with E-state index < -0.39 is 6.10 Å². The Morgan fingerprint density at radius 2 is 1.88 bits per heavy atom. The number of rotatable bonds is 7. The lowest BCUT2D eigenvalue weighted by atomic mass is 10.0. The first-order valence-corrected chi connectivity index (χ1v) is 8.61. The Bertz CT molecular complexity index is 676. The molecule has 25 heavy (non-hydrogen) atoms. The lowest BCUT2D eigenvalue weighted by Gasteiger charge is -2.20. The predicted molar refractivity (Wildman–Crippen MR) is 103 cm³/mol. The molecular formula is C20H27N3O2. The SMILES string of the molecule is CCN(C)c1cccc(NC(=O)NC(C)CC(O)c2ccccc2)c1. The fourth-order valence-electron chi connectivity index (χ4n) is 2.60. The molecule has 2 amide bonds. The second-order valence-corrected chi connectivity index (χ2v) is 6.23. The lowest BCUT2D eigenvalue weighted by molar-refractivity contribution is 0.155. The number of anilines is 2. The van der Waals surface area contributed by atoms with Gasteiger partial charge < -0.3 is 20.6 Å². The molecule has 0 aliphatic heterocycles. The molecule has 0 heterocycles. The third kappa shape index (κ3) is 5.80. The number of carbonyl (C=O) groups is 1. The van der Waals surface area contributed by atoms with Crippen LogP contribution in [-0.4, -0.2) is 30.8 Å². The highest BCUT2D eigenvalue weighted by atomic mass is 16.3. The first-order valence-electron chi connectivity index (χ1n) is 8.61. The summed E-state index contributed by atoms with van der Waals surface area (Å²) in [6.45, 7) is 4.85. The number of urea groups is 1. The van der Waals surface area contributed by atoms with E-state index in [9.17, 15) is 9.90 Å². The van der Waals surface area contributed by atoms with Gasteiger partial charge in [0, 0.05) is 31.0 Å². The van der Waals surface area contributed by atoms with Crippen LogP contribution in [0.1, 0.15) is 31.9 Å². The summed E-state index contributed by atoms with van der Waals surface area (Å²) in [5.74, 6) is 0. The molecule has 0 radical (unpaired) electrons. The van der Waals surface area contributed by atoms with Crippen LogP contribution in [0.25, 0.3) is 0 Å². The third-order valence-corrected chi connectivity index (χ3v) is 4.16. The summed E-state index contributed by atoms with van der Waals surface area (Å²) in [5, 5.41) is 16.0. The molecule has 134 valence electrons. The van der Waals surface area contributed by atoms with Gasteiger partial charge >= 0.3 is 6.03 Å². The smallest absolute Gasteiger partial charge is 0.319 e. The number of hydrogen-bond donors (Lipinski definition) is 3. The van der Waals surface area contributed by atoms with Gasteiger partial charge in [-0.3, -0.25) is 0 Å². The minimum absolute atomic E-state index is 0.156. The van der Waals surface area contributed by atoms with Crippen molar-refractivity contribution in [2.24, 2.45) is 0 Å². The summed E-state index contributed by atoms with van der Waals surface area (Å²) in [5.41, 5.74) is 2.64. The molecular weight excluding hydrogens is 314 g/mol. The largest absolute Gasteiger partial charge is 0.388 e. The van der Waals surface area contributed by atoms with Crippen LogP contribution in [0.5, 0.6) is 0 Å². The Morgan fingerprint density at radius 1 is 1.16 bits per heavy atom. The summed E-state index contributed by atoms with van der Waals surface area (Å²) >= 11 is 0. The maximum absolute atomic E-state index is 12.2. The number of carbonyl (C=O) groups excluding carboxylic acids is 1. The van der Waals surface area contributed by atoms with Crippen molar-refractivity contribution in [1.82, 2.24) is 5.32 Å². The zero-order chi connectivity index (χ0) is 18.2. The fourth-order valence-corrected chi connectivity index (χ4v) is 2.60. The molecule has 5 nitrogen and oxygen atoms in total. The normalized spacial score (nSPS) is 13.0. The van der Waals surface area contributed by atoms with Gasteiger partial charge in [-0.1, -0.05) is 36.4 Å². The number of nitrogens with one attached hydrogen (secondary N) is 2. The molecule has 0 spiro atoms. The van der Waals surface area contributed by atoms with Gasteiger partial charge in [0.15, 0.2) is 0 Å². The van der Waals surface area contributed by atoms with Crippen molar-refractivity contribution in [3.05, 3.63) is 60.2 Å². The van der Waals surface area contributed by atoms with Crippen molar-refractivity contribution < 1.29 is 9.90 Å². The molecule has 2 aromatic carbocycles. The Kier molecular flexibility index (Phi) is 6.83. The van der Waals surface area contributed by atoms with E-state index in [0.29, 0.717) is 6.42 Å². The first kappa shape index (κ1) is 18.8. The van der Waals surface area contributed by atoms with Crippen LogP contribution < -0.4 is 15.5 Å². The molecule has 2 unspecified atom stereocenters.